The molecule has 0 aliphatic rings. The molecule has 8 heteroatoms. The molecule has 0 saturated carbocycles. The van der Waals surface area contributed by atoms with Crippen LogP contribution in [0.15, 0.2) is 58.0 Å². The lowest BCUT2D eigenvalue weighted by molar-refractivity contribution is 0.0926. The van der Waals surface area contributed by atoms with Crippen LogP contribution < -0.4 is 16.0 Å². The molecule has 0 fully saturated rings. The third-order valence-corrected chi connectivity index (χ3v) is 4.39. The quantitative estimate of drug-likeness (QED) is 0.622. The Kier molecular flexibility index (Phi) is 7.03. The summed E-state index contributed by atoms with van der Waals surface area (Å²) in [5.41, 5.74) is 0. The monoisotopic (exact) mass is 349 g/mol. The molecule has 7 nitrogen and oxygen atoms in total. The van der Waals surface area contributed by atoms with Crippen molar-refractivity contribution in [1.29, 1.82) is 0 Å². The normalized spacial score (nSPS) is 11.5. The Balaban J connectivity index is 1.55. The van der Waals surface area contributed by atoms with Crippen molar-refractivity contribution in [3.05, 3.63) is 54.5 Å². The predicted octanol–water partition coefficient (Wildman–Crippen LogP) is 1.12. The van der Waals surface area contributed by atoms with E-state index in [0.717, 1.165) is 4.90 Å². The third-order valence-electron chi connectivity index (χ3n) is 3.02. The van der Waals surface area contributed by atoms with Crippen LogP contribution in [-0.4, -0.2) is 41.5 Å². The number of rotatable bonds is 8. The van der Waals surface area contributed by atoms with E-state index < -0.39 is 10.8 Å². The minimum Gasteiger partial charge on any atom is -0.459 e. The van der Waals surface area contributed by atoms with Crippen LogP contribution in [0.3, 0.4) is 0 Å². The summed E-state index contributed by atoms with van der Waals surface area (Å²) in [4.78, 5) is 23.9. The molecule has 0 aliphatic carbocycles. The number of urea groups is 1. The lowest BCUT2D eigenvalue weighted by Crippen LogP contribution is -2.41. The van der Waals surface area contributed by atoms with E-state index in [-0.39, 0.29) is 30.8 Å². The standard InChI is InChI=1S/C16H19N3O4S/c20-15(14-7-4-11-23-14)17-8-9-18-16(21)19-10-12-24(22)13-5-2-1-3-6-13/h1-7,11H,8-10,12H2,(H,17,20)(H2,18,19,21). The van der Waals surface area contributed by atoms with Gasteiger partial charge in [0.25, 0.3) is 5.91 Å². The Bertz CT molecular complexity index is 674. The molecule has 128 valence electrons. The highest BCUT2D eigenvalue weighted by Gasteiger charge is 2.07. The minimum atomic E-state index is -1.14. The van der Waals surface area contributed by atoms with E-state index in [1.54, 1.807) is 24.3 Å². The van der Waals surface area contributed by atoms with Gasteiger partial charge >= 0.3 is 6.03 Å². The first kappa shape index (κ1) is 17.7. The summed E-state index contributed by atoms with van der Waals surface area (Å²) in [6.45, 7) is 0.856. The summed E-state index contributed by atoms with van der Waals surface area (Å²) in [5, 5.41) is 7.84. The van der Waals surface area contributed by atoms with Crippen LogP contribution in [0.25, 0.3) is 0 Å². The summed E-state index contributed by atoms with van der Waals surface area (Å²) in [6.07, 6.45) is 1.42. The van der Waals surface area contributed by atoms with E-state index >= 15 is 0 Å². The number of hydrogen-bond acceptors (Lipinski definition) is 4. The van der Waals surface area contributed by atoms with Crippen molar-refractivity contribution in [2.45, 2.75) is 4.90 Å². The van der Waals surface area contributed by atoms with Gasteiger partial charge in [-0.3, -0.25) is 9.00 Å². The molecule has 2 rings (SSSR count). The smallest absolute Gasteiger partial charge is 0.314 e. The van der Waals surface area contributed by atoms with Crippen molar-refractivity contribution >= 4 is 22.7 Å². The van der Waals surface area contributed by atoms with Crippen molar-refractivity contribution in [3.8, 4) is 0 Å². The van der Waals surface area contributed by atoms with E-state index in [1.165, 1.54) is 6.26 Å². The van der Waals surface area contributed by atoms with E-state index in [1.807, 2.05) is 18.2 Å². The molecule has 0 spiro atoms. The van der Waals surface area contributed by atoms with Gasteiger partial charge in [-0.25, -0.2) is 4.79 Å². The topological polar surface area (TPSA) is 100 Å². The number of carbonyl (C=O) groups is 2. The van der Waals surface area contributed by atoms with Gasteiger partial charge in [0.1, 0.15) is 0 Å². The van der Waals surface area contributed by atoms with Crippen molar-refractivity contribution in [2.24, 2.45) is 0 Å². The zero-order valence-corrected chi connectivity index (χ0v) is 13.8. The second-order valence-electron chi connectivity index (χ2n) is 4.78. The van der Waals surface area contributed by atoms with E-state index in [4.69, 9.17) is 4.42 Å². The average Bonchev–Trinajstić information content (AvgIpc) is 3.14. The van der Waals surface area contributed by atoms with Crippen LogP contribution in [0.5, 0.6) is 0 Å². The van der Waals surface area contributed by atoms with Crippen molar-refractivity contribution in [2.75, 3.05) is 25.4 Å². The highest BCUT2D eigenvalue weighted by molar-refractivity contribution is 7.85. The van der Waals surface area contributed by atoms with Crippen molar-refractivity contribution in [1.82, 2.24) is 16.0 Å². The first-order valence-corrected chi connectivity index (χ1v) is 8.75. The molecule has 0 radical (unpaired) electrons. The highest BCUT2D eigenvalue weighted by Crippen LogP contribution is 2.04. The molecular formula is C16H19N3O4S. The lowest BCUT2D eigenvalue weighted by atomic mass is 10.4. The molecule has 24 heavy (non-hydrogen) atoms. The zero-order chi connectivity index (χ0) is 17.2. The Morgan fingerprint density at radius 3 is 2.33 bits per heavy atom. The Hall–Kier alpha value is -2.61. The maximum Gasteiger partial charge on any atom is 0.314 e. The summed E-state index contributed by atoms with van der Waals surface area (Å²) in [7, 11) is -1.14. The largest absolute Gasteiger partial charge is 0.459 e. The Labute approximate surface area is 142 Å². The van der Waals surface area contributed by atoms with Crippen LogP contribution in [0.2, 0.25) is 0 Å². The maximum atomic E-state index is 12.0. The molecule has 3 N–H and O–H groups in total. The summed E-state index contributed by atoms with van der Waals surface area (Å²) < 4.78 is 16.9. The fourth-order valence-electron chi connectivity index (χ4n) is 1.86. The van der Waals surface area contributed by atoms with Gasteiger partial charge < -0.3 is 20.4 Å². The van der Waals surface area contributed by atoms with Gasteiger partial charge in [0.2, 0.25) is 0 Å². The van der Waals surface area contributed by atoms with Crippen molar-refractivity contribution < 1.29 is 18.2 Å². The van der Waals surface area contributed by atoms with E-state index in [9.17, 15) is 13.8 Å². The third kappa shape index (κ3) is 5.88. The molecule has 1 atom stereocenters. The highest BCUT2D eigenvalue weighted by atomic mass is 32.2. The SMILES string of the molecule is O=C(NCCNC(=O)c1ccco1)NCCS(=O)c1ccccc1. The number of furan rings is 1. The van der Waals surface area contributed by atoms with Gasteiger partial charge in [0.05, 0.1) is 17.1 Å². The van der Waals surface area contributed by atoms with Gasteiger partial charge in [0.15, 0.2) is 5.76 Å². The number of benzene rings is 1. The van der Waals surface area contributed by atoms with Crippen LogP contribution in [0, 0.1) is 0 Å². The molecule has 0 saturated heterocycles. The van der Waals surface area contributed by atoms with Crippen LogP contribution in [0.1, 0.15) is 10.6 Å². The fraction of sp³-hybridized carbons (Fsp3) is 0.250. The molecular weight excluding hydrogens is 330 g/mol. The summed E-state index contributed by atoms with van der Waals surface area (Å²) in [5.74, 6) is 0.232. The Morgan fingerprint density at radius 2 is 1.62 bits per heavy atom. The molecule has 0 aliphatic heterocycles. The van der Waals surface area contributed by atoms with Crippen molar-refractivity contribution in [3.63, 3.8) is 0 Å². The van der Waals surface area contributed by atoms with Crippen LogP contribution in [-0.2, 0) is 10.8 Å². The number of hydrogen-bond donors (Lipinski definition) is 3. The van der Waals surface area contributed by atoms with Crippen LogP contribution in [0.4, 0.5) is 4.79 Å². The fourth-order valence-corrected chi connectivity index (χ4v) is 2.84. The Morgan fingerprint density at radius 1 is 0.917 bits per heavy atom. The molecule has 3 amide bonds. The minimum absolute atomic E-state index is 0.225. The molecule has 2 aromatic rings. The number of nitrogens with one attached hydrogen (secondary N) is 3. The van der Waals surface area contributed by atoms with Gasteiger partial charge in [-0.2, -0.15) is 0 Å². The average molecular weight is 349 g/mol. The van der Waals surface area contributed by atoms with E-state index in [2.05, 4.69) is 16.0 Å². The molecule has 1 aromatic heterocycles. The molecule has 0 bridgehead atoms. The summed E-state index contributed by atoms with van der Waals surface area (Å²) >= 11 is 0. The first-order chi connectivity index (χ1) is 11.7. The van der Waals surface area contributed by atoms with Gasteiger partial charge in [-0.05, 0) is 24.3 Å². The number of amides is 3. The second kappa shape index (κ2) is 9.51. The van der Waals surface area contributed by atoms with Gasteiger partial charge in [0, 0.05) is 30.3 Å². The van der Waals surface area contributed by atoms with E-state index in [0.29, 0.717) is 12.3 Å². The lowest BCUT2D eigenvalue weighted by Gasteiger charge is -2.08. The maximum absolute atomic E-state index is 12.0. The first-order valence-electron chi connectivity index (χ1n) is 7.43. The molecule has 1 aromatic carbocycles. The molecule has 1 unspecified atom stereocenters. The summed E-state index contributed by atoms with van der Waals surface area (Å²) in [6, 6.07) is 11.9. The van der Waals surface area contributed by atoms with Gasteiger partial charge in [-0.1, -0.05) is 18.2 Å². The van der Waals surface area contributed by atoms with Gasteiger partial charge in [-0.15, -0.1) is 0 Å². The predicted molar refractivity (Wildman–Crippen MR) is 90.2 cm³/mol. The second-order valence-corrected chi connectivity index (χ2v) is 6.35. The van der Waals surface area contributed by atoms with Crippen LogP contribution >= 0.6 is 0 Å². The molecule has 1 heterocycles. The number of carbonyl (C=O) groups excluding carboxylic acids is 2. The zero-order valence-electron chi connectivity index (χ0n) is 13.0.